The Balaban J connectivity index is 1.49. The van der Waals surface area contributed by atoms with Crippen LogP contribution in [0, 0.1) is 12.7 Å². The fourth-order valence-corrected chi connectivity index (χ4v) is 3.96. The Labute approximate surface area is 177 Å². The fourth-order valence-electron chi connectivity index (χ4n) is 3.96. The van der Waals surface area contributed by atoms with E-state index in [2.05, 4.69) is 22.5 Å². The highest BCUT2D eigenvalue weighted by molar-refractivity contribution is 6.03. The van der Waals surface area contributed by atoms with E-state index in [0.717, 1.165) is 17.5 Å². The monoisotopic (exact) mass is 411 g/mol. The predicted octanol–water partition coefficient (Wildman–Crippen LogP) is 4.50. The van der Waals surface area contributed by atoms with E-state index < -0.39 is 17.2 Å². The van der Waals surface area contributed by atoms with Crippen molar-refractivity contribution in [3.05, 3.63) is 111 Å². The first-order valence-corrected chi connectivity index (χ1v) is 9.90. The minimum absolute atomic E-state index is 0.170. The molecular formula is C25H18FN3O2. The first kappa shape index (κ1) is 18.9. The van der Waals surface area contributed by atoms with E-state index in [1.165, 1.54) is 27.9 Å². The minimum atomic E-state index is -0.638. The van der Waals surface area contributed by atoms with Gasteiger partial charge in [0.15, 0.2) is 5.69 Å². The molecule has 1 heterocycles. The van der Waals surface area contributed by atoms with Crippen molar-refractivity contribution in [2.24, 2.45) is 0 Å². The molecule has 1 amide bonds. The van der Waals surface area contributed by atoms with Crippen LogP contribution >= 0.6 is 0 Å². The summed E-state index contributed by atoms with van der Waals surface area (Å²) in [6.07, 6.45) is 0.854. The van der Waals surface area contributed by atoms with E-state index in [1.807, 2.05) is 30.3 Å². The topological polar surface area (TPSA) is 64.0 Å². The number of aromatic nitrogens is 2. The molecule has 1 aromatic heterocycles. The zero-order chi connectivity index (χ0) is 21.5. The van der Waals surface area contributed by atoms with Gasteiger partial charge in [-0.15, -0.1) is 0 Å². The highest BCUT2D eigenvalue weighted by Crippen LogP contribution is 2.37. The van der Waals surface area contributed by atoms with Gasteiger partial charge in [-0.25, -0.2) is 9.07 Å². The summed E-state index contributed by atoms with van der Waals surface area (Å²) in [5.74, 6) is -1.13. The highest BCUT2D eigenvalue weighted by Gasteiger charge is 2.20. The van der Waals surface area contributed by atoms with Crippen molar-refractivity contribution in [2.75, 3.05) is 5.32 Å². The van der Waals surface area contributed by atoms with E-state index in [9.17, 15) is 14.0 Å². The molecule has 1 aliphatic rings. The van der Waals surface area contributed by atoms with Crippen LogP contribution in [0.5, 0.6) is 0 Å². The number of halogens is 1. The number of fused-ring (bicyclic) bond motifs is 3. The second-order valence-corrected chi connectivity index (χ2v) is 7.52. The number of nitrogens with zero attached hydrogens (tertiary/aromatic N) is 2. The van der Waals surface area contributed by atoms with Crippen LogP contribution in [0.1, 0.15) is 27.3 Å². The number of amides is 1. The smallest absolute Gasteiger partial charge is 0.280 e. The minimum Gasteiger partial charge on any atom is -0.320 e. The number of para-hydroxylation sites is 1. The van der Waals surface area contributed by atoms with Gasteiger partial charge in [-0.2, -0.15) is 5.10 Å². The van der Waals surface area contributed by atoms with Gasteiger partial charge in [0.1, 0.15) is 11.5 Å². The van der Waals surface area contributed by atoms with Crippen LogP contribution in [0.3, 0.4) is 0 Å². The summed E-state index contributed by atoms with van der Waals surface area (Å²) in [6, 6.07) is 21.2. The first-order chi connectivity index (χ1) is 15.0. The molecule has 152 valence electrons. The largest absolute Gasteiger partial charge is 0.320 e. The Bertz CT molecular complexity index is 1410. The van der Waals surface area contributed by atoms with Crippen molar-refractivity contribution in [3.8, 4) is 16.8 Å². The second kappa shape index (κ2) is 7.32. The Hall–Kier alpha value is -4.06. The van der Waals surface area contributed by atoms with Crippen molar-refractivity contribution >= 4 is 11.6 Å². The number of carbonyl (C=O) groups is 1. The maximum Gasteiger partial charge on any atom is 0.280 e. The third-order valence-electron chi connectivity index (χ3n) is 5.46. The van der Waals surface area contributed by atoms with E-state index in [4.69, 9.17) is 0 Å². The molecule has 0 fully saturated rings. The van der Waals surface area contributed by atoms with Crippen LogP contribution in [-0.2, 0) is 6.42 Å². The SMILES string of the molecule is Cc1cc(=O)c(C(=O)Nc2ccc3c(c2)-c2ccccc2C3)nn1-c1ccccc1F. The second-order valence-electron chi connectivity index (χ2n) is 7.52. The van der Waals surface area contributed by atoms with Crippen LogP contribution in [0.2, 0.25) is 0 Å². The van der Waals surface area contributed by atoms with Gasteiger partial charge in [0.2, 0.25) is 5.43 Å². The molecule has 0 bridgehead atoms. The highest BCUT2D eigenvalue weighted by atomic mass is 19.1. The molecule has 1 aliphatic carbocycles. The molecule has 0 saturated heterocycles. The number of benzene rings is 3. The van der Waals surface area contributed by atoms with E-state index in [1.54, 1.807) is 25.1 Å². The molecule has 0 radical (unpaired) electrons. The number of hydrogen-bond acceptors (Lipinski definition) is 3. The van der Waals surface area contributed by atoms with E-state index in [-0.39, 0.29) is 11.4 Å². The molecule has 5 nitrogen and oxygen atoms in total. The predicted molar refractivity (Wildman–Crippen MR) is 117 cm³/mol. The van der Waals surface area contributed by atoms with Crippen LogP contribution in [0.4, 0.5) is 10.1 Å². The lowest BCUT2D eigenvalue weighted by atomic mass is 10.1. The van der Waals surface area contributed by atoms with Gasteiger partial charge in [0.25, 0.3) is 5.91 Å². The summed E-state index contributed by atoms with van der Waals surface area (Å²) in [5, 5.41) is 6.92. The average Bonchev–Trinajstić information content (AvgIpc) is 3.12. The quantitative estimate of drug-likeness (QED) is 0.475. The van der Waals surface area contributed by atoms with Crippen LogP contribution in [0.25, 0.3) is 16.8 Å². The molecule has 0 aliphatic heterocycles. The fraction of sp³-hybridized carbons (Fsp3) is 0.0800. The summed E-state index contributed by atoms with van der Waals surface area (Å²) in [7, 11) is 0. The Morgan fingerprint density at radius 2 is 1.71 bits per heavy atom. The number of nitrogens with one attached hydrogen (secondary N) is 1. The Morgan fingerprint density at radius 3 is 2.55 bits per heavy atom. The molecule has 0 unspecified atom stereocenters. The summed E-state index contributed by atoms with van der Waals surface area (Å²) in [5.41, 5.74) is 4.99. The molecule has 0 saturated carbocycles. The van der Waals surface area contributed by atoms with Crippen molar-refractivity contribution < 1.29 is 9.18 Å². The number of anilines is 1. The van der Waals surface area contributed by atoms with Gasteiger partial charge in [0.05, 0.1) is 0 Å². The van der Waals surface area contributed by atoms with E-state index >= 15 is 0 Å². The maximum atomic E-state index is 14.2. The molecule has 4 aromatic rings. The zero-order valence-corrected chi connectivity index (χ0v) is 16.7. The first-order valence-electron chi connectivity index (χ1n) is 9.90. The standard InChI is InChI=1S/C25H18FN3O2/c1-15-12-23(30)24(28-29(15)22-9-5-4-8-21(22)26)25(31)27-18-11-10-17-13-16-6-2-3-7-19(16)20(17)14-18/h2-12,14H,13H2,1H3,(H,27,31). The third kappa shape index (κ3) is 3.32. The number of aryl methyl sites for hydroxylation is 1. The summed E-state index contributed by atoms with van der Waals surface area (Å²) < 4.78 is 15.5. The lowest BCUT2D eigenvalue weighted by Gasteiger charge is -2.12. The molecule has 5 rings (SSSR count). The molecule has 0 spiro atoms. The lowest BCUT2D eigenvalue weighted by Crippen LogP contribution is -2.27. The Kier molecular flexibility index (Phi) is 4.47. The van der Waals surface area contributed by atoms with Crippen molar-refractivity contribution in [2.45, 2.75) is 13.3 Å². The van der Waals surface area contributed by atoms with E-state index in [0.29, 0.717) is 11.4 Å². The molecule has 3 aromatic carbocycles. The average molecular weight is 411 g/mol. The van der Waals surface area contributed by atoms with Crippen LogP contribution < -0.4 is 10.7 Å². The summed E-state index contributed by atoms with van der Waals surface area (Å²) >= 11 is 0. The summed E-state index contributed by atoms with van der Waals surface area (Å²) in [4.78, 5) is 25.3. The van der Waals surface area contributed by atoms with Gasteiger partial charge in [-0.3, -0.25) is 9.59 Å². The van der Waals surface area contributed by atoms with Crippen molar-refractivity contribution in [1.29, 1.82) is 0 Å². The maximum absolute atomic E-state index is 14.2. The van der Waals surface area contributed by atoms with Gasteiger partial charge in [-0.05, 0) is 59.9 Å². The number of carbonyl (C=O) groups excluding carboxylic acids is 1. The number of rotatable bonds is 3. The molecule has 0 atom stereocenters. The molecule has 1 N–H and O–H groups in total. The summed E-state index contributed by atoms with van der Waals surface area (Å²) in [6.45, 7) is 1.64. The normalized spacial score (nSPS) is 11.7. The van der Waals surface area contributed by atoms with Gasteiger partial charge >= 0.3 is 0 Å². The molecule has 6 heteroatoms. The van der Waals surface area contributed by atoms with Crippen molar-refractivity contribution in [1.82, 2.24) is 9.78 Å². The molecule has 31 heavy (non-hydrogen) atoms. The van der Waals surface area contributed by atoms with Crippen molar-refractivity contribution in [3.63, 3.8) is 0 Å². The zero-order valence-electron chi connectivity index (χ0n) is 16.7. The number of hydrogen-bond donors (Lipinski definition) is 1. The lowest BCUT2D eigenvalue weighted by molar-refractivity contribution is 0.101. The third-order valence-corrected chi connectivity index (χ3v) is 5.46. The molecular weight excluding hydrogens is 393 g/mol. The van der Waals surface area contributed by atoms with Gasteiger partial charge < -0.3 is 5.32 Å². The van der Waals surface area contributed by atoms with Gasteiger partial charge in [0, 0.05) is 17.4 Å². The van der Waals surface area contributed by atoms with Gasteiger partial charge in [-0.1, -0.05) is 42.5 Å². The Morgan fingerprint density at radius 1 is 0.968 bits per heavy atom. The van der Waals surface area contributed by atoms with Crippen LogP contribution in [0.15, 0.2) is 77.6 Å². The van der Waals surface area contributed by atoms with Crippen LogP contribution in [-0.4, -0.2) is 15.7 Å².